The van der Waals surface area contributed by atoms with Crippen molar-refractivity contribution in [2.45, 2.75) is 4.90 Å². The molecular weight excluding hydrogens is 302 g/mol. The van der Waals surface area contributed by atoms with E-state index < -0.39 is 4.92 Å². The molecule has 0 saturated heterocycles. The van der Waals surface area contributed by atoms with Gasteiger partial charge >= 0.3 is 0 Å². The number of non-ortho nitro benzene ring substituents is 1. The summed E-state index contributed by atoms with van der Waals surface area (Å²) in [4.78, 5) is 23.5. The van der Waals surface area contributed by atoms with Gasteiger partial charge in [0.1, 0.15) is 11.3 Å². The highest BCUT2D eigenvalue weighted by atomic mass is 32.2. The van der Waals surface area contributed by atoms with E-state index in [9.17, 15) is 14.9 Å². The van der Waals surface area contributed by atoms with Gasteiger partial charge in [-0.25, -0.2) is 0 Å². The van der Waals surface area contributed by atoms with Crippen LogP contribution in [0.4, 0.5) is 5.69 Å². The number of rotatable bonds is 3. The third kappa shape index (κ3) is 2.60. The number of nitro groups is 1. The summed E-state index contributed by atoms with van der Waals surface area (Å²) in [6.07, 6.45) is 1.98. The maximum atomic E-state index is 12.2. The smallest absolute Gasteiger partial charge is 0.270 e. The lowest BCUT2D eigenvalue weighted by Gasteiger charge is -2.04. The molecule has 0 amide bonds. The van der Waals surface area contributed by atoms with Gasteiger partial charge in [0.05, 0.1) is 10.3 Å². The fourth-order valence-electron chi connectivity index (χ4n) is 2.16. The van der Waals surface area contributed by atoms with E-state index in [-0.39, 0.29) is 16.5 Å². The lowest BCUT2D eigenvalue weighted by Crippen LogP contribution is -2.01. The van der Waals surface area contributed by atoms with Crippen LogP contribution in [0.15, 0.2) is 62.6 Å². The first kappa shape index (κ1) is 14.3. The molecule has 110 valence electrons. The Hall–Kier alpha value is -2.60. The molecule has 0 aliphatic carbocycles. The summed E-state index contributed by atoms with van der Waals surface area (Å²) in [5, 5.41) is 11.0. The molecule has 22 heavy (non-hydrogen) atoms. The molecule has 6 heteroatoms. The van der Waals surface area contributed by atoms with E-state index in [0.717, 1.165) is 10.5 Å². The van der Waals surface area contributed by atoms with Gasteiger partial charge in [0.15, 0.2) is 5.43 Å². The van der Waals surface area contributed by atoms with E-state index in [1.165, 1.54) is 24.3 Å². The quantitative estimate of drug-likeness (QED) is 0.413. The van der Waals surface area contributed by atoms with E-state index in [1.807, 2.05) is 30.5 Å². The van der Waals surface area contributed by atoms with E-state index in [1.54, 1.807) is 11.8 Å². The van der Waals surface area contributed by atoms with E-state index >= 15 is 0 Å². The van der Waals surface area contributed by atoms with E-state index in [4.69, 9.17) is 4.42 Å². The van der Waals surface area contributed by atoms with Crippen molar-refractivity contribution in [2.24, 2.45) is 0 Å². The number of thioether (sulfide) groups is 1. The number of hydrogen-bond acceptors (Lipinski definition) is 5. The molecule has 0 aliphatic rings. The zero-order valence-corrected chi connectivity index (χ0v) is 12.4. The molecular formula is C16H11NO4S. The van der Waals surface area contributed by atoms with Crippen LogP contribution in [0, 0.1) is 10.1 Å². The largest absolute Gasteiger partial charge is 0.456 e. The Balaban J connectivity index is 2.14. The van der Waals surface area contributed by atoms with Crippen molar-refractivity contribution in [2.75, 3.05) is 6.26 Å². The fraction of sp³-hybridized carbons (Fsp3) is 0.0625. The van der Waals surface area contributed by atoms with Gasteiger partial charge in [0.25, 0.3) is 5.69 Å². The number of nitrogens with zero attached hydrogens (tertiary/aromatic N) is 1. The van der Waals surface area contributed by atoms with Crippen molar-refractivity contribution < 1.29 is 9.34 Å². The first-order valence-corrected chi connectivity index (χ1v) is 7.67. The molecule has 2 aromatic carbocycles. The van der Waals surface area contributed by atoms with E-state index in [2.05, 4.69) is 0 Å². The highest BCUT2D eigenvalue weighted by Crippen LogP contribution is 2.26. The predicted octanol–water partition coefficient (Wildman–Crippen LogP) is 4.09. The second-order valence-electron chi connectivity index (χ2n) is 4.64. The molecule has 0 bridgehead atoms. The van der Waals surface area contributed by atoms with Crippen LogP contribution in [0.1, 0.15) is 0 Å². The molecule has 0 fully saturated rings. The molecule has 0 aliphatic heterocycles. The van der Waals surface area contributed by atoms with Crippen molar-refractivity contribution >= 4 is 28.4 Å². The number of fused-ring (bicyclic) bond motifs is 1. The van der Waals surface area contributed by atoms with Crippen LogP contribution in [-0.4, -0.2) is 11.2 Å². The zero-order chi connectivity index (χ0) is 15.7. The topological polar surface area (TPSA) is 73.3 Å². The van der Waals surface area contributed by atoms with Gasteiger partial charge in [-0.2, -0.15) is 0 Å². The highest BCUT2D eigenvalue weighted by Gasteiger charge is 2.12. The summed E-state index contributed by atoms with van der Waals surface area (Å²) in [6, 6.07) is 13.0. The highest BCUT2D eigenvalue weighted by molar-refractivity contribution is 7.98. The maximum absolute atomic E-state index is 12.2. The molecule has 1 heterocycles. The molecule has 0 saturated carbocycles. The average molecular weight is 313 g/mol. The Morgan fingerprint density at radius 3 is 2.45 bits per heavy atom. The summed E-state index contributed by atoms with van der Waals surface area (Å²) in [7, 11) is 0. The molecule has 0 N–H and O–H groups in total. The van der Waals surface area contributed by atoms with Gasteiger partial charge in [-0.15, -0.1) is 11.8 Å². The Kier molecular flexibility index (Phi) is 3.68. The first-order valence-electron chi connectivity index (χ1n) is 6.45. The molecule has 3 aromatic rings. The normalized spacial score (nSPS) is 10.8. The summed E-state index contributed by atoms with van der Waals surface area (Å²) in [5.74, 6) is 0.444. The Labute approximate surface area is 129 Å². The van der Waals surface area contributed by atoms with Crippen molar-refractivity contribution in [3.63, 3.8) is 0 Å². The lowest BCUT2D eigenvalue weighted by molar-refractivity contribution is -0.384. The minimum Gasteiger partial charge on any atom is -0.456 e. The molecule has 0 spiro atoms. The standard InChI is InChI=1S/C16H11NO4S/c1-22-12-5-2-10(3-6-12)16-9-14(18)13-8-11(17(19)20)4-7-15(13)21-16/h2-9H,1H3. The van der Waals surface area contributed by atoms with Crippen LogP contribution in [0.5, 0.6) is 0 Å². The third-order valence-electron chi connectivity index (χ3n) is 3.30. The molecule has 1 aromatic heterocycles. The monoisotopic (exact) mass is 313 g/mol. The van der Waals surface area contributed by atoms with Crippen LogP contribution in [-0.2, 0) is 0 Å². The predicted molar refractivity (Wildman–Crippen MR) is 86.4 cm³/mol. The van der Waals surface area contributed by atoms with Crippen molar-refractivity contribution in [3.8, 4) is 11.3 Å². The Bertz CT molecular complexity index is 916. The van der Waals surface area contributed by atoms with Gasteiger partial charge in [0.2, 0.25) is 0 Å². The van der Waals surface area contributed by atoms with Gasteiger partial charge in [-0.05, 0) is 24.5 Å². The lowest BCUT2D eigenvalue weighted by atomic mass is 10.1. The molecule has 0 atom stereocenters. The molecule has 0 radical (unpaired) electrons. The molecule has 0 unspecified atom stereocenters. The number of hydrogen-bond donors (Lipinski definition) is 0. The van der Waals surface area contributed by atoms with E-state index in [0.29, 0.717) is 11.3 Å². The molecule has 3 rings (SSSR count). The third-order valence-corrected chi connectivity index (χ3v) is 4.04. The second-order valence-corrected chi connectivity index (χ2v) is 5.52. The SMILES string of the molecule is CSc1ccc(-c2cc(=O)c3cc([N+](=O)[O-])ccc3o2)cc1. The van der Waals surface area contributed by atoms with Gasteiger partial charge in [0, 0.05) is 28.7 Å². The first-order chi connectivity index (χ1) is 10.6. The Morgan fingerprint density at radius 2 is 1.82 bits per heavy atom. The van der Waals surface area contributed by atoms with Crippen molar-refractivity contribution in [3.05, 3.63) is 68.9 Å². The van der Waals surface area contributed by atoms with Crippen LogP contribution < -0.4 is 5.43 Å². The zero-order valence-electron chi connectivity index (χ0n) is 11.6. The minimum atomic E-state index is -0.534. The number of nitro benzene ring substituents is 1. The fourth-order valence-corrected chi connectivity index (χ4v) is 2.56. The van der Waals surface area contributed by atoms with Gasteiger partial charge in [-0.3, -0.25) is 14.9 Å². The Morgan fingerprint density at radius 1 is 1.09 bits per heavy atom. The van der Waals surface area contributed by atoms with Gasteiger partial charge in [-0.1, -0.05) is 12.1 Å². The number of benzene rings is 2. The van der Waals surface area contributed by atoms with Crippen LogP contribution in [0.2, 0.25) is 0 Å². The maximum Gasteiger partial charge on any atom is 0.270 e. The summed E-state index contributed by atoms with van der Waals surface area (Å²) < 4.78 is 5.71. The van der Waals surface area contributed by atoms with Gasteiger partial charge < -0.3 is 4.42 Å². The summed E-state index contributed by atoms with van der Waals surface area (Å²) in [5.41, 5.74) is 0.697. The average Bonchev–Trinajstić information content (AvgIpc) is 2.54. The second kappa shape index (κ2) is 5.65. The minimum absolute atomic E-state index is 0.128. The summed E-state index contributed by atoms with van der Waals surface area (Å²) >= 11 is 1.63. The van der Waals surface area contributed by atoms with Crippen molar-refractivity contribution in [1.82, 2.24) is 0 Å². The van der Waals surface area contributed by atoms with Crippen LogP contribution in [0.25, 0.3) is 22.3 Å². The summed E-state index contributed by atoms with van der Waals surface area (Å²) in [6.45, 7) is 0. The van der Waals surface area contributed by atoms with Crippen LogP contribution in [0.3, 0.4) is 0 Å². The van der Waals surface area contributed by atoms with Crippen molar-refractivity contribution in [1.29, 1.82) is 0 Å². The van der Waals surface area contributed by atoms with Crippen LogP contribution >= 0.6 is 11.8 Å². The molecule has 5 nitrogen and oxygen atoms in total.